The van der Waals surface area contributed by atoms with E-state index >= 15 is 0 Å². The third-order valence-corrected chi connectivity index (χ3v) is 3.43. The summed E-state index contributed by atoms with van der Waals surface area (Å²) in [5, 5.41) is 0. The SMILES string of the molecule is CCCCCCCCNOC1CCCCC1. The molecule has 2 heteroatoms. The maximum Gasteiger partial charge on any atom is 0.0790 e. The molecule has 0 aromatic heterocycles. The highest BCUT2D eigenvalue weighted by molar-refractivity contribution is 4.64. The molecule has 1 rings (SSSR count). The van der Waals surface area contributed by atoms with Crippen molar-refractivity contribution in [2.75, 3.05) is 6.54 Å². The molecule has 1 aliphatic rings. The Kier molecular flexibility index (Phi) is 8.83. The Bertz CT molecular complexity index is 144. The first kappa shape index (κ1) is 14.0. The number of nitrogens with one attached hydrogen (secondary N) is 1. The highest BCUT2D eigenvalue weighted by Crippen LogP contribution is 2.19. The number of unbranched alkanes of at least 4 members (excludes halogenated alkanes) is 5. The van der Waals surface area contributed by atoms with Gasteiger partial charge in [0.1, 0.15) is 0 Å². The first-order valence-corrected chi connectivity index (χ1v) is 7.32. The fourth-order valence-electron chi connectivity index (χ4n) is 2.34. The predicted octanol–water partition coefficient (Wildman–Crippen LogP) is 4.20. The monoisotopic (exact) mass is 227 g/mol. The zero-order chi connectivity index (χ0) is 11.5. The van der Waals surface area contributed by atoms with Crippen LogP contribution in [0.5, 0.6) is 0 Å². The lowest BCUT2D eigenvalue weighted by Crippen LogP contribution is -2.26. The fraction of sp³-hybridized carbons (Fsp3) is 1.00. The Labute approximate surface area is 101 Å². The van der Waals surface area contributed by atoms with Crippen LogP contribution in [0.4, 0.5) is 0 Å². The van der Waals surface area contributed by atoms with Gasteiger partial charge in [-0.3, -0.25) is 4.84 Å². The molecular formula is C14H29NO. The number of hydrogen-bond acceptors (Lipinski definition) is 2. The summed E-state index contributed by atoms with van der Waals surface area (Å²) >= 11 is 0. The van der Waals surface area contributed by atoms with Gasteiger partial charge in [-0.15, -0.1) is 0 Å². The lowest BCUT2D eigenvalue weighted by atomic mass is 9.98. The van der Waals surface area contributed by atoms with Crippen molar-refractivity contribution < 1.29 is 4.84 Å². The van der Waals surface area contributed by atoms with Gasteiger partial charge in [0.25, 0.3) is 0 Å². The molecule has 0 saturated heterocycles. The minimum atomic E-state index is 0.494. The van der Waals surface area contributed by atoms with Gasteiger partial charge in [0.15, 0.2) is 0 Å². The van der Waals surface area contributed by atoms with Gasteiger partial charge < -0.3 is 0 Å². The summed E-state index contributed by atoms with van der Waals surface area (Å²) < 4.78 is 0. The van der Waals surface area contributed by atoms with E-state index in [9.17, 15) is 0 Å². The first-order valence-electron chi connectivity index (χ1n) is 7.32. The van der Waals surface area contributed by atoms with Crippen molar-refractivity contribution in [1.82, 2.24) is 5.48 Å². The van der Waals surface area contributed by atoms with Crippen LogP contribution >= 0.6 is 0 Å². The van der Waals surface area contributed by atoms with Crippen molar-refractivity contribution in [3.63, 3.8) is 0 Å². The Hall–Kier alpha value is -0.0800. The summed E-state index contributed by atoms with van der Waals surface area (Å²) in [7, 11) is 0. The van der Waals surface area contributed by atoms with E-state index in [1.807, 2.05) is 0 Å². The van der Waals surface area contributed by atoms with Gasteiger partial charge in [0.2, 0.25) is 0 Å². The third kappa shape index (κ3) is 7.24. The van der Waals surface area contributed by atoms with E-state index < -0.39 is 0 Å². The molecule has 1 aliphatic carbocycles. The summed E-state index contributed by atoms with van der Waals surface area (Å²) in [6.07, 6.45) is 15.2. The van der Waals surface area contributed by atoms with Gasteiger partial charge in [0.05, 0.1) is 6.10 Å². The van der Waals surface area contributed by atoms with Gasteiger partial charge in [-0.25, -0.2) is 5.48 Å². The standard InChI is InChI=1S/C14H29NO/c1-2-3-4-5-6-10-13-15-16-14-11-8-7-9-12-14/h14-15H,2-13H2,1H3. The number of hydrogen-bond donors (Lipinski definition) is 1. The van der Waals surface area contributed by atoms with Crippen LogP contribution in [0.1, 0.15) is 77.6 Å². The Morgan fingerprint density at radius 2 is 1.62 bits per heavy atom. The Morgan fingerprint density at radius 3 is 2.38 bits per heavy atom. The average molecular weight is 227 g/mol. The Balaban J connectivity index is 1.77. The largest absolute Gasteiger partial charge is 0.299 e. The molecule has 0 radical (unpaired) electrons. The maximum absolute atomic E-state index is 5.66. The van der Waals surface area contributed by atoms with Crippen molar-refractivity contribution in [3.05, 3.63) is 0 Å². The average Bonchev–Trinajstić information content (AvgIpc) is 2.34. The predicted molar refractivity (Wildman–Crippen MR) is 69.3 cm³/mol. The van der Waals surface area contributed by atoms with Crippen molar-refractivity contribution >= 4 is 0 Å². The molecule has 0 atom stereocenters. The van der Waals surface area contributed by atoms with E-state index in [0.717, 1.165) is 6.54 Å². The van der Waals surface area contributed by atoms with E-state index in [4.69, 9.17) is 4.84 Å². The molecule has 0 bridgehead atoms. The normalized spacial score (nSPS) is 17.8. The van der Waals surface area contributed by atoms with Crippen LogP contribution in [-0.2, 0) is 4.84 Å². The van der Waals surface area contributed by atoms with Gasteiger partial charge in [-0.1, -0.05) is 58.3 Å². The molecular weight excluding hydrogens is 198 g/mol. The van der Waals surface area contributed by atoms with Crippen LogP contribution in [0.2, 0.25) is 0 Å². The van der Waals surface area contributed by atoms with Crippen LogP contribution in [0.15, 0.2) is 0 Å². The van der Waals surface area contributed by atoms with Crippen molar-refractivity contribution in [2.24, 2.45) is 0 Å². The van der Waals surface area contributed by atoms with E-state index in [1.165, 1.54) is 70.6 Å². The molecule has 0 amide bonds. The molecule has 0 spiro atoms. The molecule has 0 heterocycles. The van der Waals surface area contributed by atoms with Crippen molar-refractivity contribution in [1.29, 1.82) is 0 Å². The molecule has 0 aliphatic heterocycles. The van der Waals surface area contributed by atoms with E-state index in [0.29, 0.717) is 6.10 Å². The second-order valence-corrected chi connectivity index (χ2v) is 5.04. The van der Waals surface area contributed by atoms with E-state index in [2.05, 4.69) is 12.4 Å². The molecule has 96 valence electrons. The molecule has 1 saturated carbocycles. The number of hydroxylamine groups is 1. The molecule has 1 fully saturated rings. The van der Waals surface area contributed by atoms with Gasteiger partial charge >= 0.3 is 0 Å². The van der Waals surface area contributed by atoms with Gasteiger partial charge in [-0.05, 0) is 19.3 Å². The molecule has 1 N–H and O–H groups in total. The smallest absolute Gasteiger partial charge is 0.0790 e. The van der Waals surface area contributed by atoms with Crippen LogP contribution < -0.4 is 5.48 Å². The molecule has 0 aromatic rings. The summed E-state index contributed by atoms with van der Waals surface area (Å²) in [6, 6.07) is 0. The lowest BCUT2D eigenvalue weighted by molar-refractivity contribution is -0.0421. The topological polar surface area (TPSA) is 21.3 Å². The minimum Gasteiger partial charge on any atom is -0.299 e. The highest BCUT2D eigenvalue weighted by Gasteiger charge is 2.13. The van der Waals surface area contributed by atoms with E-state index in [-0.39, 0.29) is 0 Å². The Morgan fingerprint density at radius 1 is 0.938 bits per heavy atom. The molecule has 0 aromatic carbocycles. The van der Waals surface area contributed by atoms with Crippen LogP contribution in [0.3, 0.4) is 0 Å². The number of rotatable bonds is 9. The second-order valence-electron chi connectivity index (χ2n) is 5.04. The highest BCUT2D eigenvalue weighted by atomic mass is 16.7. The maximum atomic E-state index is 5.66. The van der Waals surface area contributed by atoms with Crippen molar-refractivity contribution in [3.8, 4) is 0 Å². The second kappa shape index (κ2) is 10.1. The van der Waals surface area contributed by atoms with Crippen LogP contribution in [0, 0.1) is 0 Å². The minimum absolute atomic E-state index is 0.494. The summed E-state index contributed by atoms with van der Waals surface area (Å²) in [6.45, 7) is 3.29. The molecule has 16 heavy (non-hydrogen) atoms. The zero-order valence-electron chi connectivity index (χ0n) is 11.0. The van der Waals surface area contributed by atoms with Crippen LogP contribution in [0.25, 0.3) is 0 Å². The summed E-state index contributed by atoms with van der Waals surface area (Å²) in [5.74, 6) is 0. The van der Waals surface area contributed by atoms with E-state index in [1.54, 1.807) is 0 Å². The first-order chi connectivity index (χ1) is 7.93. The fourth-order valence-corrected chi connectivity index (χ4v) is 2.34. The zero-order valence-corrected chi connectivity index (χ0v) is 11.0. The van der Waals surface area contributed by atoms with Crippen LogP contribution in [-0.4, -0.2) is 12.6 Å². The summed E-state index contributed by atoms with van der Waals surface area (Å²) in [5.41, 5.74) is 3.15. The molecule has 2 nitrogen and oxygen atoms in total. The van der Waals surface area contributed by atoms with Gasteiger partial charge in [0, 0.05) is 6.54 Å². The molecule has 0 unspecified atom stereocenters. The van der Waals surface area contributed by atoms with Gasteiger partial charge in [-0.2, -0.15) is 0 Å². The summed E-state index contributed by atoms with van der Waals surface area (Å²) in [4.78, 5) is 5.66. The quantitative estimate of drug-likeness (QED) is 0.471. The third-order valence-electron chi connectivity index (χ3n) is 3.43. The lowest BCUT2D eigenvalue weighted by Gasteiger charge is -2.21. The van der Waals surface area contributed by atoms with Crippen molar-refractivity contribution in [2.45, 2.75) is 83.7 Å².